The zero-order valence-electron chi connectivity index (χ0n) is 7.48. The number of rotatable bonds is 2. The van der Waals surface area contributed by atoms with Crippen LogP contribution in [0.15, 0.2) is 0 Å². The lowest BCUT2D eigenvalue weighted by Crippen LogP contribution is -2.22. The molecule has 0 spiro atoms. The van der Waals surface area contributed by atoms with E-state index in [0.717, 1.165) is 0 Å². The summed E-state index contributed by atoms with van der Waals surface area (Å²) < 4.78 is 4.90. The Morgan fingerprint density at radius 1 is 1.55 bits per heavy atom. The summed E-state index contributed by atoms with van der Waals surface area (Å²) in [6.45, 7) is 8.02. The first-order valence-corrected chi connectivity index (χ1v) is 4.07. The molecule has 0 saturated carbocycles. The van der Waals surface area contributed by atoms with Gasteiger partial charge in [-0.25, -0.2) is 0 Å². The van der Waals surface area contributed by atoms with E-state index in [0.29, 0.717) is 6.61 Å². The van der Waals surface area contributed by atoms with E-state index in [1.54, 1.807) is 6.92 Å². The van der Waals surface area contributed by atoms with Crippen LogP contribution in [0.5, 0.6) is 0 Å². The van der Waals surface area contributed by atoms with Gasteiger partial charge in [0.05, 0.1) is 6.61 Å². The average Bonchev–Trinajstić information content (AvgIpc) is 1.80. The van der Waals surface area contributed by atoms with Gasteiger partial charge in [-0.15, -0.1) is 11.6 Å². The minimum Gasteiger partial charge on any atom is -0.464 e. The molecule has 0 fully saturated rings. The zero-order chi connectivity index (χ0) is 9.07. The van der Waals surface area contributed by atoms with Gasteiger partial charge in [-0.05, 0) is 12.3 Å². The van der Waals surface area contributed by atoms with Crippen LogP contribution in [-0.2, 0) is 9.53 Å². The average molecular weight is 179 g/mol. The number of hydrogen-bond donors (Lipinski definition) is 0. The van der Waals surface area contributed by atoms with Crippen molar-refractivity contribution in [3.63, 3.8) is 0 Å². The van der Waals surface area contributed by atoms with Crippen LogP contribution in [0, 0.1) is 5.41 Å². The summed E-state index contributed by atoms with van der Waals surface area (Å²) in [5.74, 6) is -0.346. The standard InChI is InChI=1S/C8H15ClO2/c1-6(9)7(10)11-5-8(2,3)4/h6H,5H2,1-4H3. The number of alkyl halides is 1. The molecule has 0 heterocycles. The van der Waals surface area contributed by atoms with E-state index in [9.17, 15) is 4.79 Å². The largest absolute Gasteiger partial charge is 0.464 e. The van der Waals surface area contributed by atoms with Gasteiger partial charge >= 0.3 is 5.97 Å². The summed E-state index contributed by atoms with van der Waals surface area (Å²) >= 11 is 5.48. The van der Waals surface area contributed by atoms with E-state index in [2.05, 4.69) is 0 Å². The number of halogens is 1. The van der Waals surface area contributed by atoms with Crippen LogP contribution in [0.4, 0.5) is 0 Å². The van der Waals surface area contributed by atoms with E-state index in [-0.39, 0.29) is 11.4 Å². The summed E-state index contributed by atoms with van der Waals surface area (Å²) in [6, 6.07) is 0. The lowest BCUT2D eigenvalue weighted by Gasteiger charge is -2.18. The van der Waals surface area contributed by atoms with Gasteiger partial charge in [0.2, 0.25) is 0 Å². The Kier molecular flexibility index (Phi) is 3.87. The third kappa shape index (κ3) is 6.17. The first kappa shape index (κ1) is 10.8. The van der Waals surface area contributed by atoms with Gasteiger partial charge in [-0.2, -0.15) is 0 Å². The second-order valence-corrected chi connectivity index (χ2v) is 4.44. The monoisotopic (exact) mass is 178 g/mol. The topological polar surface area (TPSA) is 26.3 Å². The third-order valence-corrected chi connectivity index (χ3v) is 1.15. The molecule has 0 saturated heterocycles. The van der Waals surface area contributed by atoms with Crippen molar-refractivity contribution in [1.82, 2.24) is 0 Å². The fourth-order valence-corrected chi connectivity index (χ4v) is 0.465. The van der Waals surface area contributed by atoms with Crippen molar-refractivity contribution in [3.8, 4) is 0 Å². The molecule has 0 aliphatic carbocycles. The predicted octanol–water partition coefficient (Wildman–Crippen LogP) is 2.20. The van der Waals surface area contributed by atoms with Crippen LogP contribution >= 0.6 is 11.6 Å². The highest BCUT2D eigenvalue weighted by atomic mass is 35.5. The number of carbonyl (C=O) groups excluding carboxylic acids is 1. The van der Waals surface area contributed by atoms with Crippen LogP contribution in [0.3, 0.4) is 0 Å². The molecule has 0 rings (SSSR count). The van der Waals surface area contributed by atoms with Gasteiger partial charge < -0.3 is 4.74 Å². The quantitative estimate of drug-likeness (QED) is 0.479. The highest BCUT2D eigenvalue weighted by molar-refractivity contribution is 6.29. The van der Waals surface area contributed by atoms with Crippen molar-refractivity contribution in [1.29, 1.82) is 0 Å². The van der Waals surface area contributed by atoms with Gasteiger partial charge in [-0.3, -0.25) is 4.79 Å². The van der Waals surface area contributed by atoms with Gasteiger partial charge in [0.15, 0.2) is 0 Å². The molecule has 0 aromatic rings. The van der Waals surface area contributed by atoms with Gasteiger partial charge in [0.25, 0.3) is 0 Å². The second kappa shape index (κ2) is 3.96. The SMILES string of the molecule is CC(Cl)C(=O)OCC(C)(C)C. The number of carbonyl (C=O) groups is 1. The summed E-state index contributed by atoms with van der Waals surface area (Å²) in [4.78, 5) is 10.8. The molecule has 0 aromatic heterocycles. The molecule has 1 unspecified atom stereocenters. The van der Waals surface area contributed by atoms with Crippen LogP contribution < -0.4 is 0 Å². The highest BCUT2D eigenvalue weighted by Gasteiger charge is 2.16. The fraction of sp³-hybridized carbons (Fsp3) is 0.875. The number of esters is 1. The molecule has 0 aliphatic rings. The van der Waals surface area contributed by atoms with Gasteiger partial charge in [-0.1, -0.05) is 20.8 Å². The number of ether oxygens (including phenoxy) is 1. The highest BCUT2D eigenvalue weighted by Crippen LogP contribution is 2.13. The predicted molar refractivity (Wildman–Crippen MR) is 45.7 cm³/mol. The van der Waals surface area contributed by atoms with E-state index in [1.165, 1.54) is 0 Å². The minimum atomic E-state index is -0.544. The van der Waals surface area contributed by atoms with Gasteiger partial charge in [0.1, 0.15) is 5.38 Å². The maximum absolute atomic E-state index is 10.8. The van der Waals surface area contributed by atoms with Crippen molar-refractivity contribution >= 4 is 17.6 Å². The molecule has 2 nitrogen and oxygen atoms in total. The Morgan fingerprint density at radius 2 is 2.00 bits per heavy atom. The van der Waals surface area contributed by atoms with Crippen LogP contribution in [0.1, 0.15) is 27.7 Å². The maximum Gasteiger partial charge on any atom is 0.323 e. The normalized spacial score (nSPS) is 14.3. The molecule has 0 aliphatic heterocycles. The van der Waals surface area contributed by atoms with Crippen molar-refractivity contribution < 1.29 is 9.53 Å². The van der Waals surface area contributed by atoms with Crippen molar-refractivity contribution in [2.45, 2.75) is 33.1 Å². The second-order valence-electron chi connectivity index (χ2n) is 3.78. The lowest BCUT2D eigenvalue weighted by atomic mass is 9.99. The Labute approximate surface area is 72.9 Å². The lowest BCUT2D eigenvalue weighted by molar-refractivity contribution is -0.145. The molecule has 0 radical (unpaired) electrons. The molecule has 1 atom stereocenters. The molecule has 11 heavy (non-hydrogen) atoms. The van der Waals surface area contributed by atoms with Gasteiger partial charge in [0, 0.05) is 0 Å². The zero-order valence-corrected chi connectivity index (χ0v) is 8.23. The summed E-state index contributed by atoms with van der Waals surface area (Å²) in [6.07, 6.45) is 0. The van der Waals surface area contributed by atoms with Crippen molar-refractivity contribution in [3.05, 3.63) is 0 Å². The van der Waals surface area contributed by atoms with Crippen LogP contribution in [0.2, 0.25) is 0 Å². The summed E-state index contributed by atoms with van der Waals surface area (Å²) in [5, 5.41) is -0.544. The Balaban J connectivity index is 3.64. The molecule has 0 amide bonds. The smallest absolute Gasteiger partial charge is 0.323 e. The number of hydrogen-bond acceptors (Lipinski definition) is 2. The maximum atomic E-state index is 10.8. The Morgan fingerprint density at radius 3 is 2.27 bits per heavy atom. The summed E-state index contributed by atoms with van der Waals surface area (Å²) in [7, 11) is 0. The summed E-state index contributed by atoms with van der Waals surface area (Å²) in [5.41, 5.74) is 0.0153. The van der Waals surface area contributed by atoms with E-state index < -0.39 is 5.38 Å². The first-order valence-electron chi connectivity index (χ1n) is 3.63. The molecule has 66 valence electrons. The minimum absolute atomic E-state index is 0.0153. The molecule has 0 bridgehead atoms. The molecular weight excluding hydrogens is 164 g/mol. The van der Waals surface area contributed by atoms with E-state index in [1.807, 2.05) is 20.8 Å². The Bertz CT molecular complexity index is 136. The first-order chi connectivity index (χ1) is 4.83. The molecular formula is C8H15ClO2. The van der Waals surface area contributed by atoms with Crippen molar-refractivity contribution in [2.75, 3.05) is 6.61 Å². The van der Waals surface area contributed by atoms with Crippen molar-refractivity contribution in [2.24, 2.45) is 5.41 Å². The Hall–Kier alpha value is -0.240. The van der Waals surface area contributed by atoms with Crippen LogP contribution in [0.25, 0.3) is 0 Å². The van der Waals surface area contributed by atoms with Crippen LogP contribution in [-0.4, -0.2) is 18.0 Å². The van der Waals surface area contributed by atoms with E-state index >= 15 is 0 Å². The fourth-order valence-electron chi connectivity index (χ4n) is 0.402. The third-order valence-electron chi connectivity index (χ3n) is 0.972. The molecule has 3 heteroatoms. The molecule has 0 aromatic carbocycles. The van der Waals surface area contributed by atoms with E-state index in [4.69, 9.17) is 16.3 Å². The molecule has 0 N–H and O–H groups in total.